The van der Waals surface area contributed by atoms with Crippen LogP contribution in [0.1, 0.15) is 24.0 Å². The van der Waals surface area contributed by atoms with Crippen LogP contribution in [0.5, 0.6) is 0 Å². The number of rotatable bonds is 1. The summed E-state index contributed by atoms with van der Waals surface area (Å²) in [5.74, 6) is 1.47. The smallest absolute Gasteiger partial charge is 0.0455 e. The van der Waals surface area contributed by atoms with E-state index < -0.39 is 0 Å². The van der Waals surface area contributed by atoms with Crippen LogP contribution < -0.4 is 5.73 Å². The molecule has 1 nitrogen and oxygen atoms in total. The Morgan fingerprint density at radius 1 is 1.33 bits per heavy atom. The number of anilines is 1. The standard InChI is InChI=1S/C10H11ClN/c1-6-9(11)5-4-8(10(6)12)7-2-3-7/h4-5H,2-3,12H2,1H3. The first-order valence-electron chi connectivity index (χ1n) is 4.10. The van der Waals surface area contributed by atoms with Crippen molar-refractivity contribution in [3.63, 3.8) is 0 Å². The third kappa shape index (κ3) is 1.18. The molecule has 0 bridgehead atoms. The van der Waals surface area contributed by atoms with E-state index in [2.05, 4.69) is 0 Å². The summed E-state index contributed by atoms with van der Waals surface area (Å²) in [6.07, 6.45) is 2.40. The Labute approximate surface area is 77.5 Å². The van der Waals surface area contributed by atoms with Crippen LogP contribution in [0.4, 0.5) is 5.69 Å². The van der Waals surface area contributed by atoms with E-state index in [0.717, 1.165) is 16.3 Å². The molecule has 0 atom stereocenters. The van der Waals surface area contributed by atoms with E-state index in [0.29, 0.717) is 0 Å². The molecule has 0 aromatic heterocycles. The second-order valence-electron chi connectivity index (χ2n) is 3.24. The fraction of sp³-hybridized carbons (Fsp3) is 0.300. The van der Waals surface area contributed by atoms with Crippen LogP contribution >= 0.6 is 11.6 Å². The number of benzene rings is 1. The lowest BCUT2D eigenvalue weighted by atomic mass is 10.0. The Balaban J connectivity index is 2.49. The first-order chi connectivity index (χ1) is 5.70. The Hall–Kier alpha value is -0.690. The van der Waals surface area contributed by atoms with Crippen molar-refractivity contribution in [2.45, 2.75) is 19.8 Å². The highest BCUT2D eigenvalue weighted by Gasteiger charge is 2.26. The Kier molecular flexibility index (Phi) is 1.76. The van der Waals surface area contributed by atoms with E-state index >= 15 is 0 Å². The Morgan fingerprint density at radius 3 is 2.58 bits per heavy atom. The van der Waals surface area contributed by atoms with Gasteiger partial charge in [0.2, 0.25) is 0 Å². The van der Waals surface area contributed by atoms with E-state index in [1.54, 1.807) is 0 Å². The lowest BCUT2D eigenvalue weighted by molar-refractivity contribution is 1.36. The van der Waals surface area contributed by atoms with Crippen LogP contribution in [0.15, 0.2) is 12.1 Å². The fourth-order valence-electron chi connectivity index (χ4n) is 1.34. The van der Waals surface area contributed by atoms with Gasteiger partial charge in [-0.25, -0.2) is 0 Å². The average Bonchev–Trinajstić information content (AvgIpc) is 2.84. The lowest BCUT2D eigenvalue weighted by Gasteiger charge is -2.07. The summed E-state index contributed by atoms with van der Waals surface area (Å²) in [7, 11) is 0. The van der Waals surface area contributed by atoms with Gasteiger partial charge in [0.25, 0.3) is 0 Å². The summed E-state index contributed by atoms with van der Waals surface area (Å²) in [6, 6.07) is 3.95. The zero-order valence-electron chi connectivity index (χ0n) is 7.02. The van der Waals surface area contributed by atoms with Gasteiger partial charge in [-0.3, -0.25) is 0 Å². The molecule has 1 saturated carbocycles. The molecule has 1 aromatic carbocycles. The van der Waals surface area contributed by atoms with Gasteiger partial charge in [0, 0.05) is 16.6 Å². The lowest BCUT2D eigenvalue weighted by Crippen LogP contribution is -1.96. The van der Waals surface area contributed by atoms with Gasteiger partial charge in [0.05, 0.1) is 0 Å². The number of nitrogens with two attached hydrogens (primary N) is 1. The largest absolute Gasteiger partial charge is 0.398 e. The molecule has 1 radical (unpaired) electrons. The maximum Gasteiger partial charge on any atom is 0.0455 e. The molecule has 0 aliphatic heterocycles. The minimum Gasteiger partial charge on any atom is -0.398 e. The van der Waals surface area contributed by atoms with Crippen LogP contribution in [0.25, 0.3) is 0 Å². The molecule has 0 heterocycles. The van der Waals surface area contributed by atoms with Gasteiger partial charge < -0.3 is 5.73 Å². The van der Waals surface area contributed by atoms with Crippen LogP contribution in [0, 0.1) is 12.8 Å². The van der Waals surface area contributed by atoms with Gasteiger partial charge in [-0.05, 0) is 37.0 Å². The molecule has 12 heavy (non-hydrogen) atoms. The monoisotopic (exact) mass is 180 g/mol. The minimum atomic E-state index is 0.762. The van der Waals surface area contributed by atoms with E-state index in [4.69, 9.17) is 17.3 Å². The van der Waals surface area contributed by atoms with E-state index in [1.165, 1.54) is 24.3 Å². The maximum absolute atomic E-state index is 5.92. The van der Waals surface area contributed by atoms with Crippen molar-refractivity contribution in [3.8, 4) is 0 Å². The number of nitrogen functional groups attached to an aromatic ring is 1. The fourth-order valence-corrected chi connectivity index (χ4v) is 1.51. The summed E-state index contributed by atoms with van der Waals surface area (Å²) in [5, 5.41) is 0.762. The summed E-state index contributed by atoms with van der Waals surface area (Å²) in [5.41, 5.74) is 8.99. The second kappa shape index (κ2) is 2.67. The molecule has 2 heteroatoms. The van der Waals surface area contributed by atoms with Crippen molar-refractivity contribution < 1.29 is 0 Å². The Morgan fingerprint density at radius 2 is 2.00 bits per heavy atom. The predicted molar refractivity (Wildman–Crippen MR) is 52.2 cm³/mol. The predicted octanol–water partition coefficient (Wildman–Crippen LogP) is 2.95. The highest BCUT2D eigenvalue weighted by atomic mass is 35.5. The molecule has 2 N–H and O–H groups in total. The molecule has 0 unspecified atom stereocenters. The minimum absolute atomic E-state index is 0.762. The van der Waals surface area contributed by atoms with Crippen LogP contribution in [-0.4, -0.2) is 0 Å². The highest BCUT2D eigenvalue weighted by Crippen LogP contribution is 2.43. The molecule has 1 aliphatic rings. The topological polar surface area (TPSA) is 26.0 Å². The molecule has 2 rings (SSSR count). The Bertz CT molecular complexity index is 316. The third-order valence-electron chi connectivity index (χ3n) is 2.33. The van der Waals surface area contributed by atoms with Gasteiger partial charge in [-0.1, -0.05) is 17.7 Å². The van der Waals surface area contributed by atoms with Crippen LogP contribution in [0.3, 0.4) is 0 Å². The summed E-state index contributed by atoms with van der Waals surface area (Å²) < 4.78 is 0. The maximum atomic E-state index is 5.92. The van der Waals surface area contributed by atoms with E-state index in [9.17, 15) is 0 Å². The molecule has 0 amide bonds. The summed E-state index contributed by atoms with van der Waals surface area (Å²) >= 11 is 5.92. The average molecular weight is 181 g/mol. The molecule has 0 saturated heterocycles. The molecule has 1 fully saturated rings. The van der Waals surface area contributed by atoms with Crippen LogP contribution in [-0.2, 0) is 0 Å². The van der Waals surface area contributed by atoms with Crippen LogP contribution in [0.2, 0.25) is 5.02 Å². The van der Waals surface area contributed by atoms with Crippen molar-refractivity contribution in [2.24, 2.45) is 0 Å². The summed E-state index contributed by atoms with van der Waals surface area (Å²) in [6.45, 7) is 1.96. The second-order valence-corrected chi connectivity index (χ2v) is 3.64. The molecular formula is C10H11ClN. The zero-order valence-corrected chi connectivity index (χ0v) is 7.78. The highest BCUT2D eigenvalue weighted by molar-refractivity contribution is 6.31. The van der Waals surface area contributed by atoms with E-state index in [1.807, 2.05) is 19.1 Å². The van der Waals surface area contributed by atoms with Crippen molar-refractivity contribution in [1.29, 1.82) is 0 Å². The number of halogens is 1. The summed E-state index contributed by atoms with van der Waals surface area (Å²) in [4.78, 5) is 0. The van der Waals surface area contributed by atoms with Crippen molar-refractivity contribution in [3.05, 3.63) is 34.2 Å². The van der Waals surface area contributed by atoms with Crippen molar-refractivity contribution in [2.75, 3.05) is 5.73 Å². The van der Waals surface area contributed by atoms with Gasteiger partial charge >= 0.3 is 0 Å². The number of hydrogen-bond acceptors (Lipinski definition) is 1. The molecule has 1 aliphatic carbocycles. The molecule has 1 aromatic rings. The quantitative estimate of drug-likeness (QED) is 0.661. The first-order valence-corrected chi connectivity index (χ1v) is 4.47. The molecule has 63 valence electrons. The van der Waals surface area contributed by atoms with E-state index in [-0.39, 0.29) is 0 Å². The third-order valence-corrected chi connectivity index (χ3v) is 2.74. The SMILES string of the molecule is Cc1c(Cl)ccc([C]2CC2)c1N. The molecular weight excluding hydrogens is 170 g/mol. The first kappa shape index (κ1) is 7.93. The van der Waals surface area contributed by atoms with Gasteiger partial charge in [0.15, 0.2) is 0 Å². The zero-order chi connectivity index (χ0) is 8.72. The van der Waals surface area contributed by atoms with Crippen molar-refractivity contribution >= 4 is 17.3 Å². The molecule has 0 spiro atoms. The normalized spacial score (nSPS) is 16.5. The van der Waals surface area contributed by atoms with Gasteiger partial charge in [0.1, 0.15) is 0 Å². The van der Waals surface area contributed by atoms with Gasteiger partial charge in [-0.2, -0.15) is 0 Å². The van der Waals surface area contributed by atoms with Gasteiger partial charge in [-0.15, -0.1) is 0 Å². The van der Waals surface area contributed by atoms with Crippen molar-refractivity contribution in [1.82, 2.24) is 0 Å². The number of hydrogen-bond donors (Lipinski definition) is 1.